The first-order valence-corrected chi connectivity index (χ1v) is 8.26. The predicted octanol–water partition coefficient (Wildman–Crippen LogP) is 4.21. The van der Waals surface area contributed by atoms with E-state index < -0.39 is 0 Å². The molecule has 1 aliphatic carbocycles. The standard InChI is InChI=1S/C16H23NOS/c1-3-13-5-4-6-15(12(13)2)16(18)11-19-14-7-9-17-10-8-14/h7-10,12-13,15H,3-6,11H2,1-2H3. The Morgan fingerprint density at radius 2 is 2.11 bits per heavy atom. The predicted molar refractivity (Wildman–Crippen MR) is 80.3 cm³/mol. The largest absolute Gasteiger partial charge is 0.298 e. The Morgan fingerprint density at radius 1 is 1.37 bits per heavy atom. The molecule has 3 heteroatoms. The molecule has 2 rings (SSSR count). The number of nitrogens with zero attached hydrogens (tertiary/aromatic N) is 1. The zero-order valence-corrected chi connectivity index (χ0v) is 12.7. The Hall–Kier alpha value is -0.830. The van der Waals surface area contributed by atoms with Crippen LogP contribution in [-0.4, -0.2) is 16.5 Å². The molecule has 104 valence electrons. The maximum absolute atomic E-state index is 12.4. The highest BCUT2D eigenvalue weighted by Gasteiger charge is 2.32. The molecule has 0 radical (unpaired) electrons. The van der Waals surface area contributed by atoms with Gasteiger partial charge in [0, 0.05) is 23.2 Å². The highest BCUT2D eigenvalue weighted by molar-refractivity contribution is 8.00. The lowest BCUT2D eigenvalue weighted by Gasteiger charge is -2.34. The summed E-state index contributed by atoms with van der Waals surface area (Å²) in [7, 11) is 0. The van der Waals surface area contributed by atoms with E-state index in [1.165, 1.54) is 19.3 Å². The smallest absolute Gasteiger partial charge is 0.146 e. The maximum Gasteiger partial charge on any atom is 0.146 e. The van der Waals surface area contributed by atoms with Crippen molar-refractivity contribution in [3.63, 3.8) is 0 Å². The van der Waals surface area contributed by atoms with Crippen molar-refractivity contribution >= 4 is 17.5 Å². The first kappa shape index (κ1) is 14.6. The molecular formula is C16H23NOS. The Kier molecular flexibility index (Phi) is 5.44. The van der Waals surface area contributed by atoms with Crippen LogP contribution >= 0.6 is 11.8 Å². The van der Waals surface area contributed by atoms with Gasteiger partial charge in [-0.3, -0.25) is 9.78 Å². The molecule has 2 nitrogen and oxygen atoms in total. The quantitative estimate of drug-likeness (QED) is 0.755. The summed E-state index contributed by atoms with van der Waals surface area (Å²) in [5, 5.41) is 0. The van der Waals surface area contributed by atoms with Crippen molar-refractivity contribution in [3.8, 4) is 0 Å². The number of ketones is 1. The molecule has 0 spiro atoms. The van der Waals surface area contributed by atoms with E-state index in [9.17, 15) is 4.79 Å². The highest BCUT2D eigenvalue weighted by Crippen LogP contribution is 2.37. The van der Waals surface area contributed by atoms with Gasteiger partial charge in [-0.15, -0.1) is 11.8 Å². The molecule has 1 aromatic heterocycles. The van der Waals surface area contributed by atoms with Crippen LogP contribution in [0.5, 0.6) is 0 Å². The van der Waals surface area contributed by atoms with Gasteiger partial charge in [-0.25, -0.2) is 0 Å². The number of thioether (sulfide) groups is 1. The lowest BCUT2D eigenvalue weighted by atomic mass is 9.70. The number of carbonyl (C=O) groups is 1. The second kappa shape index (κ2) is 7.09. The monoisotopic (exact) mass is 277 g/mol. The van der Waals surface area contributed by atoms with Gasteiger partial charge in [0.1, 0.15) is 5.78 Å². The molecule has 0 amide bonds. The summed E-state index contributed by atoms with van der Waals surface area (Å²) in [4.78, 5) is 17.5. The van der Waals surface area contributed by atoms with Gasteiger partial charge < -0.3 is 0 Å². The lowest BCUT2D eigenvalue weighted by molar-refractivity contribution is -0.123. The second-order valence-corrected chi connectivity index (χ2v) is 6.55. The van der Waals surface area contributed by atoms with Gasteiger partial charge in [0.05, 0.1) is 5.75 Å². The Labute approximate surface area is 120 Å². The Bertz CT molecular complexity index is 406. The summed E-state index contributed by atoms with van der Waals surface area (Å²) < 4.78 is 0. The van der Waals surface area contributed by atoms with Crippen LogP contribution in [0.1, 0.15) is 39.5 Å². The van der Waals surface area contributed by atoms with Crippen LogP contribution in [0.4, 0.5) is 0 Å². The van der Waals surface area contributed by atoms with Gasteiger partial charge in [-0.1, -0.05) is 33.1 Å². The first-order chi connectivity index (χ1) is 9.22. The third-order valence-electron chi connectivity index (χ3n) is 4.44. The van der Waals surface area contributed by atoms with Crippen LogP contribution in [0.3, 0.4) is 0 Å². The van der Waals surface area contributed by atoms with Crippen molar-refractivity contribution < 1.29 is 4.79 Å². The summed E-state index contributed by atoms with van der Waals surface area (Å²) in [5.74, 6) is 2.63. The van der Waals surface area contributed by atoms with Crippen LogP contribution in [0, 0.1) is 17.8 Å². The minimum Gasteiger partial charge on any atom is -0.298 e. The van der Waals surface area contributed by atoms with E-state index in [-0.39, 0.29) is 5.92 Å². The van der Waals surface area contributed by atoms with Crippen molar-refractivity contribution in [1.82, 2.24) is 4.98 Å². The number of Topliss-reactive ketones (excluding diaryl/α,β-unsaturated/α-hetero) is 1. The summed E-state index contributed by atoms with van der Waals surface area (Å²) in [6, 6.07) is 3.94. The third-order valence-corrected chi connectivity index (χ3v) is 5.47. The average molecular weight is 277 g/mol. The molecular weight excluding hydrogens is 254 g/mol. The van der Waals surface area contributed by atoms with E-state index in [0.717, 1.165) is 17.2 Å². The molecule has 0 bridgehead atoms. The van der Waals surface area contributed by atoms with Gasteiger partial charge in [0.15, 0.2) is 0 Å². The molecule has 0 saturated heterocycles. The summed E-state index contributed by atoms with van der Waals surface area (Å²) in [6.45, 7) is 4.52. The summed E-state index contributed by atoms with van der Waals surface area (Å²) >= 11 is 1.64. The molecule has 1 heterocycles. The molecule has 1 saturated carbocycles. The third kappa shape index (κ3) is 3.82. The molecule has 1 fully saturated rings. The van der Waals surface area contributed by atoms with Crippen LogP contribution in [0.25, 0.3) is 0 Å². The van der Waals surface area contributed by atoms with Gasteiger partial charge in [0.25, 0.3) is 0 Å². The minimum atomic E-state index is 0.285. The molecule has 19 heavy (non-hydrogen) atoms. The number of carbonyl (C=O) groups excluding carboxylic acids is 1. The second-order valence-electron chi connectivity index (χ2n) is 5.50. The van der Waals surface area contributed by atoms with Crippen LogP contribution < -0.4 is 0 Å². The number of rotatable bonds is 5. The number of hydrogen-bond acceptors (Lipinski definition) is 3. The number of hydrogen-bond donors (Lipinski definition) is 0. The maximum atomic E-state index is 12.4. The summed E-state index contributed by atoms with van der Waals surface area (Å²) in [5.41, 5.74) is 0. The van der Waals surface area contributed by atoms with E-state index in [0.29, 0.717) is 17.5 Å². The highest BCUT2D eigenvalue weighted by atomic mass is 32.2. The fourth-order valence-corrected chi connectivity index (χ4v) is 4.02. The molecule has 3 unspecified atom stereocenters. The zero-order chi connectivity index (χ0) is 13.7. The number of pyridine rings is 1. The van der Waals surface area contributed by atoms with Gasteiger partial charge in [-0.05, 0) is 30.4 Å². The zero-order valence-electron chi connectivity index (χ0n) is 11.8. The van der Waals surface area contributed by atoms with E-state index in [1.54, 1.807) is 24.2 Å². The SMILES string of the molecule is CCC1CCCC(C(=O)CSc2ccncc2)C1C. The summed E-state index contributed by atoms with van der Waals surface area (Å²) in [6.07, 6.45) is 8.39. The van der Waals surface area contributed by atoms with Crippen LogP contribution in [0.2, 0.25) is 0 Å². The fourth-order valence-electron chi connectivity index (χ4n) is 3.18. The topological polar surface area (TPSA) is 30.0 Å². The lowest BCUT2D eigenvalue weighted by Crippen LogP contribution is -2.32. The van der Waals surface area contributed by atoms with Crippen molar-refractivity contribution in [1.29, 1.82) is 0 Å². The number of aromatic nitrogens is 1. The molecule has 1 aromatic rings. The Balaban J connectivity index is 1.89. The van der Waals surface area contributed by atoms with E-state index >= 15 is 0 Å². The molecule has 0 aromatic carbocycles. The van der Waals surface area contributed by atoms with E-state index in [1.807, 2.05) is 12.1 Å². The molecule has 0 aliphatic heterocycles. The van der Waals surface area contributed by atoms with Gasteiger partial charge in [-0.2, -0.15) is 0 Å². The van der Waals surface area contributed by atoms with Crippen molar-refractivity contribution in [2.75, 3.05) is 5.75 Å². The van der Waals surface area contributed by atoms with Crippen molar-refractivity contribution in [2.24, 2.45) is 17.8 Å². The first-order valence-electron chi connectivity index (χ1n) is 7.28. The van der Waals surface area contributed by atoms with Crippen molar-refractivity contribution in [3.05, 3.63) is 24.5 Å². The van der Waals surface area contributed by atoms with Crippen LogP contribution in [-0.2, 0) is 4.79 Å². The van der Waals surface area contributed by atoms with Crippen molar-refractivity contribution in [2.45, 2.75) is 44.4 Å². The Morgan fingerprint density at radius 3 is 2.79 bits per heavy atom. The molecule has 3 atom stereocenters. The molecule has 1 aliphatic rings. The van der Waals surface area contributed by atoms with E-state index in [4.69, 9.17) is 0 Å². The van der Waals surface area contributed by atoms with E-state index in [2.05, 4.69) is 18.8 Å². The average Bonchev–Trinajstić information content (AvgIpc) is 2.46. The normalized spacial score (nSPS) is 27.2. The van der Waals surface area contributed by atoms with Gasteiger partial charge >= 0.3 is 0 Å². The fraction of sp³-hybridized carbons (Fsp3) is 0.625. The minimum absolute atomic E-state index is 0.285. The molecule has 0 N–H and O–H groups in total. The van der Waals surface area contributed by atoms with Gasteiger partial charge in [0.2, 0.25) is 0 Å². The van der Waals surface area contributed by atoms with Crippen LogP contribution in [0.15, 0.2) is 29.4 Å².